The Morgan fingerprint density at radius 3 is 2.21 bits per heavy atom. The Bertz CT molecular complexity index is 2460. The van der Waals surface area contributed by atoms with Crippen molar-refractivity contribution in [2.24, 2.45) is 46.8 Å². The summed E-state index contributed by atoms with van der Waals surface area (Å²) in [5.41, 5.74) is 0.899. The molecule has 0 aromatic heterocycles. The molecule has 15 unspecified atom stereocenters. The van der Waals surface area contributed by atoms with Crippen molar-refractivity contribution in [3.63, 3.8) is 0 Å². The number of Topliss-reactive ketones (excluding diaryl/α,β-unsaturated/α-hetero) is 3. The van der Waals surface area contributed by atoms with Gasteiger partial charge < -0.3 is 58.1 Å². The summed E-state index contributed by atoms with van der Waals surface area (Å²) < 4.78 is 47.9. The van der Waals surface area contributed by atoms with Crippen molar-refractivity contribution in [3.8, 4) is 5.75 Å². The molecule has 1 saturated carbocycles. The van der Waals surface area contributed by atoms with E-state index in [1.807, 2.05) is 75.4 Å². The smallest absolute Gasteiger partial charge is 0.329 e. The Balaban J connectivity index is 1.23. The quantitative estimate of drug-likeness (QED) is 0.114. The topological polar surface area (TPSA) is 240 Å². The number of rotatable bonds is 10. The van der Waals surface area contributed by atoms with E-state index in [0.717, 1.165) is 11.1 Å². The number of esters is 2. The summed E-state index contributed by atoms with van der Waals surface area (Å²) in [6, 6.07) is 6.11. The van der Waals surface area contributed by atoms with Crippen LogP contribution in [0.1, 0.15) is 144 Å². The van der Waals surface area contributed by atoms with E-state index in [2.05, 4.69) is 0 Å². The molecule has 4 fully saturated rings. The lowest BCUT2D eigenvalue weighted by molar-refractivity contribution is -0.265. The van der Waals surface area contributed by atoms with E-state index < -0.39 is 120 Å². The summed E-state index contributed by atoms with van der Waals surface area (Å²) in [7, 11) is 4.72. The lowest BCUT2D eigenvalue weighted by atomic mass is 9.78. The summed E-state index contributed by atoms with van der Waals surface area (Å²) >= 11 is 0. The Morgan fingerprint density at radius 1 is 0.841 bits per heavy atom. The predicted molar refractivity (Wildman–Crippen MR) is 305 cm³/mol. The van der Waals surface area contributed by atoms with Crippen LogP contribution in [0.15, 0.2) is 71.9 Å². The van der Waals surface area contributed by atoms with Crippen LogP contribution in [0.5, 0.6) is 5.75 Å². The number of ketones is 3. The summed E-state index contributed by atoms with van der Waals surface area (Å²) in [6.45, 7) is 13.8. The largest absolute Gasteiger partial charge is 0.497 e. The third-order valence-electron chi connectivity index (χ3n) is 17.8. The van der Waals surface area contributed by atoms with E-state index in [-0.39, 0.29) is 62.4 Å². The first-order chi connectivity index (χ1) is 39.0. The van der Waals surface area contributed by atoms with E-state index in [9.17, 15) is 44.1 Å². The minimum atomic E-state index is -2.47. The third kappa shape index (κ3) is 16.7. The SMILES string of the molecule is COc1ccc(C2OCC(C)(C(=O)OC3CCC(CC(C)C4CC(=O)C(C)C=C(C)C(O)C(CO)C(=O)C(C)CC(C)C=CC=CC=C(C)C(OC)CC5CCC(C)C(O)(O5)C(=O)C(=O)N5CCCCC5C(=O)O4)CC3OC)CO2)cc1. The molecule has 0 radical (unpaired) electrons. The van der Waals surface area contributed by atoms with Gasteiger partial charge in [0, 0.05) is 56.9 Å². The van der Waals surface area contributed by atoms with Gasteiger partial charge in [-0.3, -0.25) is 24.0 Å². The fraction of sp³-hybridized carbons (Fsp3) is 0.688. The summed E-state index contributed by atoms with van der Waals surface area (Å²) in [6.07, 6.45) is 10.5. The number of hydrogen-bond acceptors (Lipinski definition) is 17. The van der Waals surface area contributed by atoms with Crippen LogP contribution in [0.25, 0.3) is 0 Å². The molecular weight excluding hydrogens is 1050 g/mol. The molecule has 18 heteroatoms. The second-order valence-electron chi connectivity index (χ2n) is 24.4. The van der Waals surface area contributed by atoms with Gasteiger partial charge in [0.25, 0.3) is 11.7 Å². The van der Waals surface area contributed by atoms with Crippen molar-refractivity contribution in [1.82, 2.24) is 4.90 Å². The highest BCUT2D eigenvalue weighted by Crippen LogP contribution is 2.40. The molecule has 3 N–H and O–H groups in total. The van der Waals surface area contributed by atoms with Crippen molar-refractivity contribution >= 4 is 35.2 Å². The van der Waals surface area contributed by atoms with Gasteiger partial charge in [-0.15, -0.1) is 0 Å². The number of carbonyl (C=O) groups excluding carboxylic acids is 6. The minimum absolute atomic E-state index is 0.0204. The highest BCUT2D eigenvalue weighted by atomic mass is 16.7. The zero-order valence-electron chi connectivity index (χ0n) is 50.3. The molecule has 4 aliphatic heterocycles. The number of nitrogens with zero attached hydrogens (tertiary/aromatic N) is 1. The van der Waals surface area contributed by atoms with E-state index >= 15 is 0 Å². The van der Waals surface area contributed by atoms with Gasteiger partial charge in [0.2, 0.25) is 5.79 Å². The minimum Gasteiger partial charge on any atom is -0.497 e. The highest BCUT2D eigenvalue weighted by Gasteiger charge is 2.53. The molecular formula is C64H93NO17. The summed E-state index contributed by atoms with van der Waals surface area (Å²) in [5.74, 6) is -9.61. The predicted octanol–water partition coefficient (Wildman–Crippen LogP) is 8.09. The van der Waals surface area contributed by atoms with Crippen LogP contribution in [-0.2, 0) is 61.9 Å². The van der Waals surface area contributed by atoms with Crippen LogP contribution >= 0.6 is 0 Å². The van der Waals surface area contributed by atoms with Crippen LogP contribution < -0.4 is 4.74 Å². The van der Waals surface area contributed by atoms with Gasteiger partial charge in [0.15, 0.2) is 6.29 Å². The molecule has 3 saturated heterocycles. The van der Waals surface area contributed by atoms with Crippen molar-refractivity contribution in [1.29, 1.82) is 0 Å². The fourth-order valence-corrected chi connectivity index (χ4v) is 12.3. The molecule has 0 spiro atoms. The molecule has 5 aliphatic rings. The summed E-state index contributed by atoms with van der Waals surface area (Å²) in [4.78, 5) is 86.8. The molecule has 1 amide bonds. The van der Waals surface area contributed by atoms with Gasteiger partial charge in [0.05, 0.1) is 57.3 Å². The van der Waals surface area contributed by atoms with Gasteiger partial charge in [0.1, 0.15) is 41.0 Å². The number of amides is 1. The van der Waals surface area contributed by atoms with Crippen LogP contribution in [0.2, 0.25) is 0 Å². The second kappa shape index (κ2) is 30.2. The van der Waals surface area contributed by atoms with Gasteiger partial charge >= 0.3 is 11.9 Å². The van der Waals surface area contributed by atoms with E-state index in [0.29, 0.717) is 69.1 Å². The van der Waals surface area contributed by atoms with Crippen molar-refractivity contribution < 1.29 is 82.0 Å². The lowest BCUT2D eigenvalue weighted by Crippen LogP contribution is -2.61. The van der Waals surface area contributed by atoms with Crippen LogP contribution in [0, 0.1) is 46.8 Å². The molecule has 1 aromatic rings. The number of ether oxygens (including phenoxy) is 8. The maximum absolute atomic E-state index is 14.7. The Morgan fingerprint density at radius 2 is 1.55 bits per heavy atom. The number of aliphatic hydroxyl groups is 3. The molecule has 15 atom stereocenters. The zero-order chi connectivity index (χ0) is 60.1. The van der Waals surface area contributed by atoms with Gasteiger partial charge in [-0.2, -0.15) is 0 Å². The van der Waals surface area contributed by atoms with Gasteiger partial charge in [-0.05, 0) is 126 Å². The van der Waals surface area contributed by atoms with Crippen LogP contribution in [-0.4, -0.2) is 152 Å². The van der Waals surface area contributed by atoms with E-state index in [1.54, 1.807) is 62.0 Å². The first kappa shape index (κ1) is 66.2. The monoisotopic (exact) mass is 1150 g/mol. The third-order valence-corrected chi connectivity index (χ3v) is 17.8. The highest BCUT2D eigenvalue weighted by molar-refractivity contribution is 6.39. The van der Waals surface area contributed by atoms with E-state index in [4.69, 9.17) is 37.9 Å². The Kier molecular flexibility index (Phi) is 24.4. The van der Waals surface area contributed by atoms with Crippen molar-refractivity contribution in [3.05, 3.63) is 77.4 Å². The fourth-order valence-electron chi connectivity index (χ4n) is 12.3. The average Bonchev–Trinajstić information content (AvgIpc) is 3.53. The molecule has 82 heavy (non-hydrogen) atoms. The second-order valence-corrected chi connectivity index (χ2v) is 24.4. The number of allylic oxidation sites excluding steroid dienone is 6. The first-order valence-electron chi connectivity index (χ1n) is 29.6. The molecule has 4 heterocycles. The Hall–Kier alpha value is -4.92. The maximum Gasteiger partial charge on any atom is 0.329 e. The summed E-state index contributed by atoms with van der Waals surface area (Å²) in [5, 5.41) is 34.1. The molecule has 2 bridgehead atoms. The van der Waals surface area contributed by atoms with Crippen molar-refractivity contribution in [2.45, 2.75) is 187 Å². The lowest BCUT2D eigenvalue weighted by Gasteiger charge is -2.42. The number of fused-ring (bicyclic) bond motifs is 3. The molecule has 1 aromatic carbocycles. The molecule has 1 aliphatic carbocycles. The first-order valence-corrected chi connectivity index (χ1v) is 29.6. The molecule has 18 nitrogen and oxygen atoms in total. The van der Waals surface area contributed by atoms with Crippen molar-refractivity contribution in [2.75, 3.05) is 47.7 Å². The standard InChI is InChI=1S/C64H93NO17/c1-38-17-13-12-14-18-39(2)53(76-10)33-48-24-20-44(7)64(74,82-48)58(70)59(71)65-28-16-15-19-50(65)60(72)80-54(34-51(67)40(3)30-43(6)57(69)49(35-66)56(68)42(5)29-38)41(4)31-45-21-27-52(55(32-45)77-11)81-62(73)63(8)36-78-61(79-37-63)46-22-25-47(75-9)26-23-46/h12-14,17-18,22-23,25-26,30,38,40-42,44-45,48-50,52-55,57,61,66,69,74H,15-16,19-21,24,27-29,31-37H2,1-11H3. The van der Waals surface area contributed by atoms with E-state index in [1.165, 1.54) is 4.90 Å². The van der Waals surface area contributed by atoms with Gasteiger partial charge in [-0.25, -0.2) is 4.79 Å². The normalized spacial score (nSPS) is 36.1. The number of hydrogen-bond donors (Lipinski definition) is 3. The number of methoxy groups -OCH3 is 3. The number of cyclic esters (lactones) is 1. The molecule has 6 rings (SSSR count). The average molecular weight is 1150 g/mol. The van der Waals surface area contributed by atoms with Crippen LogP contribution in [0.3, 0.4) is 0 Å². The molecule has 456 valence electrons. The Labute approximate surface area is 485 Å². The maximum atomic E-state index is 14.7. The van der Waals surface area contributed by atoms with Gasteiger partial charge in [-0.1, -0.05) is 83.2 Å². The number of carbonyl (C=O) groups is 6. The van der Waals surface area contributed by atoms with Crippen LogP contribution in [0.4, 0.5) is 0 Å². The number of piperidine rings is 1. The zero-order valence-corrected chi connectivity index (χ0v) is 50.3. The number of aliphatic hydroxyl groups excluding tert-OH is 2. The number of benzene rings is 1.